The third-order valence-electron chi connectivity index (χ3n) is 4.81. The number of nitrogens with zero attached hydrogens (tertiary/aromatic N) is 1. The summed E-state index contributed by atoms with van der Waals surface area (Å²) >= 11 is 0. The molecule has 2 N–H and O–H groups in total. The van der Waals surface area contributed by atoms with Crippen molar-refractivity contribution in [3.8, 4) is 5.75 Å². The van der Waals surface area contributed by atoms with Gasteiger partial charge in [-0.3, -0.25) is 14.9 Å². The van der Waals surface area contributed by atoms with Crippen LogP contribution in [-0.2, 0) is 11.4 Å². The molecule has 0 atom stereocenters. The van der Waals surface area contributed by atoms with Gasteiger partial charge in [-0.1, -0.05) is 0 Å². The first-order valence-corrected chi connectivity index (χ1v) is 9.10. The molecule has 2 heterocycles. The molecule has 2 aromatic carbocycles. The zero-order valence-electron chi connectivity index (χ0n) is 16.0. The smallest absolute Gasteiger partial charge is 0.269 e. The molecule has 1 aliphatic rings. The van der Waals surface area contributed by atoms with Gasteiger partial charge < -0.3 is 15.0 Å². The number of carbonyl (C=O) groups excluding carboxylic acids is 1. The standard InChI is InChI=1S/C22H19N3O4/c1-13-9-14(2)23-20(13)11-19-18-8-7-17(10-21(18)24-22(19)26)29-12-15-3-5-16(6-4-15)25(27)28/h3-11,23H,12H2,1-2H3,(H,24,26)/b19-11-. The Morgan fingerprint density at radius 1 is 1.10 bits per heavy atom. The number of aryl methyl sites for hydroxylation is 2. The second kappa shape index (κ2) is 7.27. The maximum Gasteiger partial charge on any atom is 0.269 e. The van der Waals surface area contributed by atoms with Crippen LogP contribution in [0.1, 0.15) is 28.1 Å². The Labute approximate surface area is 167 Å². The summed E-state index contributed by atoms with van der Waals surface area (Å²) in [6.07, 6.45) is 1.86. The van der Waals surface area contributed by atoms with Gasteiger partial charge in [0.1, 0.15) is 12.4 Å². The molecule has 3 aromatic rings. The number of benzene rings is 2. The Hall–Kier alpha value is -3.87. The summed E-state index contributed by atoms with van der Waals surface area (Å²) in [5, 5.41) is 13.6. The first-order chi connectivity index (χ1) is 13.9. The average molecular weight is 389 g/mol. The maximum atomic E-state index is 12.4. The van der Waals surface area contributed by atoms with Crippen LogP contribution in [0, 0.1) is 24.0 Å². The number of hydrogen-bond donors (Lipinski definition) is 2. The SMILES string of the molecule is Cc1cc(C)c(/C=C2\C(=O)Nc3cc(OCc4ccc([N+](=O)[O-])cc4)ccc32)[nH]1. The molecule has 146 valence electrons. The molecule has 0 unspecified atom stereocenters. The van der Waals surface area contributed by atoms with Gasteiger partial charge in [0.15, 0.2) is 0 Å². The summed E-state index contributed by atoms with van der Waals surface area (Å²) in [5.41, 5.74) is 6.03. The molecule has 0 aliphatic carbocycles. The number of aromatic nitrogens is 1. The van der Waals surface area contributed by atoms with Gasteiger partial charge in [0.25, 0.3) is 11.6 Å². The number of aromatic amines is 1. The summed E-state index contributed by atoms with van der Waals surface area (Å²) in [6, 6.07) is 13.7. The van der Waals surface area contributed by atoms with Crippen LogP contribution in [0.2, 0.25) is 0 Å². The first kappa shape index (κ1) is 18.5. The first-order valence-electron chi connectivity index (χ1n) is 9.10. The number of H-pyrrole nitrogens is 1. The number of anilines is 1. The number of amides is 1. The second-order valence-corrected chi connectivity index (χ2v) is 6.98. The molecule has 1 amide bonds. The van der Waals surface area contributed by atoms with E-state index in [1.807, 2.05) is 38.1 Å². The number of nitro groups is 1. The van der Waals surface area contributed by atoms with E-state index in [4.69, 9.17) is 4.74 Å². The molecule has 0 fully saturated rings. The van der Waals surface area contributed by atoms with Gasteiger partial charge in [0, 0.05) is 35.2 Å². The van der Waals surface area contributed by atoms with E-state index in [9.17, 15) is 14.9 Å². The van der Waals surface area contributed by atoms with Gasteiger partial charge in [-0.05, 0) is 61.4 Å². The van der Waals surface area contributed by atoms with Crippen LogP contribution in [-0.4, -0.2) is 15.8 Å². The highest BCUT2D eigenvalue weighted by Crippen LogP contribution is 2.36. The molecule has 0 saturated heterocycles. The highest BCUT2D eigenvalue weighted by atomic mass is 16.6. The Balaban J connectivity index is 1.52. The van der Waals surface area contributed by atoms with Crippen LogP contribution in [0.3, 0.4) is 0 Å². The summed E-state index contributed by atoms with van der Waals surface area (Å²) in [6.45, 7) is 4.25. The van der Waals surface area contributed by atoms with Gasteiger partial charge in [0.2, 0.25) is 0 Å². The third-order valence-corrected chi connectivity index (χ3v) is 4.81. The predicted octanol–water partition coefficient (Wildman–Crippen LogP) is 4.61. The van der Waals surface area contributed by atoms with Crippen LogP contribution < -0.4 is 10.1 Å². The number of ether oxygens (including phenoxy) is 1. The van der Waals surface area contributed by atoms with Crippen molar-refractivity contribution in [3.63, 3.8) is 0 Å². The van der Waals surface area contributed by atoms with E-state index in [1.54, 1.807) is 18.2 Å². The Morgan fingerprint density at radius 2 is 1.86 bits per heavy atom. The fourth-order valence-electron chi connectivity index (χ4n) is 3.33. The highest BCUT2D eigenvalue weighted by molar-refractivity contribution is 6.34. The lowest BCUT2D eigenvalue weighted by Crippen LogP contribution is -2.03. The number of fused-ring (bicyclic) bond motifs is 1. The number of non-ortho nitro benzene ring substituents is 1. The van der Waals surface area contributed by atoms with Crippen molar-refractivity contribution < 1.29 is 14.5 Å². The van der Waals surface area contributed by atoms with E-state index in [2.05, 4.69) is 10.3 Å². The van der Waals surface area contributed by atoms with Crippen molar-refractivity contribution in [3.05, 3.63) is 86.7 Å². The number of hydrogen-bond acceptors (Lipinski definition) is 4. The lowest BCUT2D eigenvalue weighted by molar-refractivity contribution is -0.384. The third kappa shape index (κ3) is 3.75. The van der Waals surface area contributed by atoms with Crippen LogP contribution in [0.25, 0.3) is 11.6 Å². The molecular weight excluding hydrogens is 370 g/mol. The van der Waals surface area contributed by atoms with Crippen molar-refractivity contribution in [1.29, 1.82) is 0 Å². The largest absolute Gasteiger partial charge is 0.489 e. The van der Waals surface area contributed by atoms with Crippen molar-refractivity contribution in [2.45, 2.75) is 20.5 Å². The minimum atomic E-state index is -0.436. The zero-order valence-corrected chi connectivity index (χ0v) is 16.0. The van der Waals surface area contributed by atoms with Crippen molar-refractivity contribution in [2.24, 2.45) is 0 Å². The molecular formula is C22H19N3O4. The van der Waals surface area contributed by atoms with Crippen molar-refractivity contribution in [1.82, 2.24) is 4.98 Å². The van der Waals surface area contributed by atoms with Crippen molar-refractivity contribution in [2.75, 3.05) is 5.32 Å². The predicted molar refractivity (Wildman–Crippen MR) is 111 cm³/mol. The van der Waals surface area contributed by atoms with Crippen LogP contribution in [0.15, 0.2) is 48.5 Å². The Bertz CT molecular complexity index is 1140. The summed E-state index contributed by atoms with van der Waals surface area (Å²) in [4.78, 5) is 26.0. The van der Waals surface area contributed by atoms with Gasteiger partial charge >= 0.3 is 0 Å². The quantitative estimate of drug-likeness (QED) is 0.378. The molecule has 0 radical (unpaired) electrons. The van der Waals surface area contributed by atoms with Gasteiger partial charge in [-0.25, -0.2) is 0 Å². The zero-order chi connectivity index (χ0) is 20.5. The summed E-state index contributed by atoms with van der Waals surface area (Å²) in [7, 11) is 0. The van der Waals surface area contributed by atoms with E-state index in [0.717, 1.165) is 28.1 Å². The molecule has 7 heteroatoms. The van der Waals surface area contributed by atoms with Crippen molar-refractivity contribution >= 4 is 28.9 Å². The molecule has 1 aliphatic heterocycles. The average Bonchev–Trinajstić information content (AvgIpc) is 3.18. The summed E-state index contributed by atoms with van der Waals surface area (Å²) in [5.74, 6) is 0.453. The van der Waals surface area contributed by atoms with E-state index < -0.39 is 4.92 Å². The van der Waals surface area contributed by atoms with Crippen LogP contribution in [0.4, 0.5) is 11.4 Å². The minimum absolute atomic E-state index is 0.0424. The highest BCUT2D eigenvalue weighted by Gasteiger charge is 2.25. The summed E-state index contributed by atoms with van der Waals surface area (Å²) < 4.78 is 5.78. The molecule has 4 rings (SSSR count). The molecule has 1 aromatic heterocycles. The van der Waals surface area contributed by atoms with Crippen LogP contribution in [0.5, 0.6) is 5.75 Å². The number of rotatable bonds is 5. The van der Waals surface area contributed by atoms with Gasteiger partial charge in [0.05, 0.1) is 16.2 Å². The fraction of sp³-hybridized carbons (Fsp3) is 0.136. The topological polar surface area (TPSA) is 97.3 Å². The van der Waals surface area contributed by atoms with E-state index in [0.29, 0.717) is 17.0 Å². The van der Waals surface area contributed by atoms with Gasteiger partial charge in [-0.2, -0.15) is 0 Å². The minimum Gasteiger partial charge on any atom is -0.489 e. The molecule has 7 nitrogen and oxygen atoms in total. The number of nitro benzene ring substituents is 1. The molecule has 29 heavy (non-hydrogen) atoms. The normalized spacial score (nSPS) is 14.0. The molecule has 0 saturated carbocycles. The Kier molecular flexibility index (Phi) is 4.64. The second-order valence-electron chi connectivity index (χ2n) is 6.98. The van der Waals surface area contributed by atoms with E-state index in [-0.39, 0.29) is 18.2 Å². The van der Waals surface area contributed by atoms with E-state index in [1.165, 1.54) is 12.1 Å². The Morgan fingerprint density at radius 3 is 2.52 bits per heavy atom. The van der Waals surface area contributed by atoms with Gasteiger partial charge in [-0.15, -0.1) is 0 Å². The number of nitrogens with one attached hydrogen (secondary N) is 2. The maximum absolute atomic E-state index is 12.4. The van der Waals surface area contributed by atoms with Crippen LogP contribution >= 0.6 is 0 Å². The van der Waals surface area contributed by atoms with E-state index >= 15 is 0 Å². The lowest BCUT2D eigenvalue weighted by Gasteiger charge is -2.08. The molecule has 0 spiro atoms. The fourth-order valence-corrected chi connectivity index (χ4v) is 3.33. The molecule has 0 bridgehead atoms. The lowest BCUT2D eigenvalue weighted by atomic mass is 10.0. The monoisotopic (exact) mass is 389 g/mol. The number of carbonyl (C=O) groups is 1.